The van der Waals surface area contributed by atoms with Crippen molar-refractivity contribution in [2.24, 2.45) is 0 Å². The number of nitrogens with zero attached hydrogens (tertiary/aromatic N) is 1. The molecule has 1 rings (SSSR count). The van der Waals surface area contributed by atoms with Crippen molar-refractivity contribution in [1.29, 1.82) is 0 Å². The van der Waals surface area contributed by atoms with Crippen LogP contribution in [0.25, 0.3) is 0 Å². The molecule has 0 aliphatic rings. The van der Waals surface area contributed by atoms with Crippen LogP contribution < -0.4 is 9.64 Å². The Morgan fingerprint density at radius 1 is 1.21 bits per heavy atom. The van der Waals surface area contributed by atoms with Crippen molar-refractivity contribution in [1.82, 2.24) is 0 Å². The minimum Gasteiger partial charge on any atom is -0.497 e. The Balaban J connectivity index is 2.51. The quantitative estimate of drug-likeness (QED) is 0.554. The standard InChI is InChI=1S/C14H19NO4/c1-4-19-14(17)9-12(16)10-15(2)11-5-7-13(18-3)8-6-11/h5-8H,4,9-10H2,1-3H3. The van der Waals surface area contributed by atoms with Gasteiger partial charge in [0.25, 0.3) is 0 Å². The number of carbonyl (C=O) groups excluding carboxylic acids is 2. The molecule has 104 valence electrons. The van der Waals surface area contributed by atoms with Gasteiger partial charge in [-0.2, -0.15) is 0 Å². The predicted octanol–water partition coefficient (Wildman–Crippen LogP) is 1.65. The number of benzene rings is 1. The fourth-order valence-corrected chi connectivity index (χ4v) is 1.62. The molecule has 0 aliphatic heterocycles. The van der Waals surface area contributed by atoms with Gasteiger partial charge in [-0.15, -0.1) is 0 Å². The lowest BCUT2D eigenvalue weighted by Crippen LogP contribution is -2.27. The van der Waals surface area contributed by atoms with E-state index in [-0.39, 0.29) is 18.7 Å². The van der Waals surface area contributed by atoms with Crippen LogP contribution in [0.1, 0.15) is 13.3 Å². The van der Waals surface area contributed by atoms with Gasteiger partial charge < -0.3 is 14.4 Å². The molecular formula is C14H19NO4. The zero-order valence-electron chi connectivity index (χ0n) is 11.5. The smallest absolute Gasteiger partial charge is 0.313 e. The fraction of sp³-hybridized carbons (Fsp3) is 0.429. The number of ether oxygens (including phenoxy) is 2. The number of esters is 1. The highest BCUT2D eigenvalue weighted by Crippen LogP contribution is 2.17. The molecule has 0 radical (unpaired) electrons. The maximum absolute atomic E-state index is 11.7. The Hall–Kier alpha value is -2.04. The van der Waals surface area contributed by atoms with Gasteiger partial charge in [0.1, 0.15) is 12.2 Å². The van der Waals surface area contributed by atoms with E-state index < -0.39 is 5.97 Å². The van der Waals surface area contributed by atoms with E-state index in [2.05, 4.69) is 0 Å². The molecule has 0 unspecified atom stereocenters. The number of rotatable bonds is 7. The fourth-order valence-electron chi connectivity index (χ4n) is 1.62. The molecule has 0 fully saturated rings. The van der Waals surface area contributed by atoms with Crippen LogP contribution in [0.15, 0.2) is 24.3 Å². The largest absolute Gasteiger partial charge is 0.497 e. The molecule has 0 aromatic heterocycles. The lowest BCUT2D eigenvalue weighted by atomic mass is 10.2. The monoisotopic (exact) mass is 265 g/mol. The number of carbonyl (C=O) groups is 2. The number of methoxy groups -OCH3 is 1. The summed E-state index contributed by atoms with van der Waals surface area (Å²) < 4.78 is 9.80. The van der Waals surface area contributed by atoms with Gasteiger partial charge >= 0.3 is 5.97 Å². The molecule has 19 heavy (non-hydrogen) atoms. The molecule has 5 heteroatoms. The Bertz CT molecular complexity index is 428. The van der Waals surface area contributed by atoms with Crippen LogP contribution >= 0.6 is 0 Å². The zero-order chi connectivity index (χ0) is 14.3. The van der Waals surface area contributed by atoms with Gasteiger partial charge in [0, 0.05) is 12.7 Å². The zero-order valence-corrected chi connectivity index (χ0v) is 11.5. The SMILES string of the molecule is CCOC(=O)CC(=O)CN(C)c1ccc(OC)cc1. The minimum atomic E-state index is -0.476. The molecule has 0 spiro atoms. The summed E-state index contributed by atoms with van der Waals surface area (Å²) in [6, 6.07) is 7.36. The Labute approximate surface area is 113 Å². The summed E-state index contributed by atoms with van der Waals surface area (Å²) in [5, 5.41) is 0. The molecule has 1 aromatic carbocycles. The van der Waals surface area contributed by atoms with E-state index in [1.54, 1.807) is 26.0 Å². The normalized spacial score (nSPS) is 9.84. The molecule has 0 aliphatic carbocycles. The van der Waals surface area contributed by atoms with E-state index >= 15 is 0 Å². The third-order valence-corrected chi connectivity index (χ3v) is 2.57. The number of hydrogen-bond donors (Lipinski definition) is 0. The van der Waals surface area contributed by atoms with Gasteiger partial charge in [-0.05, 0) is 31.2 Å². The highest BCUT2D eigenvalue weighted by atomic mass is 16.5. The van der Waals surface area contributed by atoms with E-state index in [1.165, 1.54) is 0 Å². The predicted molar refractivity (Wildman–Crippen MR) is 72.5 cm³/mol. The number of likely N-dealkylation sites (N-methyl/N-ethyl adjacent to an activating group) is 1. The lowest BCUT2D eigenvalue weighted by molar-refractivity contribution is -0.145. The summed E-state index contributed by atoms with van der Waals surface area (Å²) in [5.74, 6) is 0.113. The van der Waals surface area contributed by atoms with Crippen LogP contribution in [0.3, 0.4) is 0 Å². The Kier molecular flexibility index (Phi) is 5.85. The van der Waals surface area contributed by atoms with Crippen molar-refractivity contribution in [2.75, 3.05) is 32.2 Å². The van der Waals surface area contributed by atoms with Crippen molar-refractivity contribution in [2.45, 2.75) is 13.3 Å². The lowest BCUT2D eigenvalue weighted by Gasteiger charge is -2.18. The second-order valence-corrected chi connectivity index (χ2v) is 4.07. The maximum atomic E-state index is 11.7. The van der Waals surface area contributed by atoms with Gasteiger partial charge in [-0.3, -0.25) is 9.59 Å². The van der Waals surface area contributed by atoms with E-state index in [9.17, 15) is 9.59 Å². The van der Waals surface area contributed by atoms with Crippen LogP contribution in [-0.4, -0.2) is 39.1 Å². The molecule has 0 saturated carbocycles. The van der Waals surface area contributed by atoms with Crippen LogP contribution in [0.4, 0.5) is 5.69 Å². The second kappa shape index (κ2) is 7.41. The molecule has 0 saturated heterocycles. The van der Waals surface area contributed by atoms with Crippen molar-refractivity contribution in [3.05, 3.63) is 24.3 Å². The summed E-state index contributed by atoms with van der Waals surface area (Å²) in [5.41, 5.74) is 0.887. The molecule has 0 heterocycles. The second-order valence-electron chi connectivity index (χ2n) is 4.07. The van der Waals surface area contributed by atoms with Crippen molar-refractivity contribution in [3.8, 4) is 5.75 Å². The van der Waals surface area contributed by atoms with Crippen molar-refractivity contribution < 1.29 is 19.1 Å². The van der Waals surface area contributed by atoms with E-state index in [4.69, 9.17) is 9.47 Å². The number of hydrogen-bond acceptors (Lipinski definition) is 5. The third-order valence-electron chi connectivity index (χ3n) is 2.57. The maximum Gasteiger partial charge on any atom is 0.313 e. The summed E-state index contributed by atoms with van der Waals surface area (Å²) in [6.07, 6.45) is -0.186. The topological polar surface area (TPSA) is 55.8 Å². The third kappa shape index (κ3) is 4.99. The van der Waals surface area contributed by atoms with Gasteiger partial charge in [-0.25, -0.2) is 0 Å². The van der Waals surface area contributed by atoms with Gasteiger partial charge in [0.05, 0.1) is 20.3 Å². The van der Waals surface area contributed by atoms with Gasteiger partial charge in [0.15, 0.2) is 5.78 Å². The number of ketones is 1. The molecule has 0 bridgehead atoms. The van der Waals surface area contributed by atoms with E-state index in [1.807, 2.05) is 24.3 Å². The highest BCUT2D eigenvalue weighted by molar-refractivity contribution is 5.97. The molecular weight excluding hydrogens is 246 g/mol. The first kappa shape index (κ1) is 15.0. The summed E-state index contributed by atoms with van der Waals surface area (Å²) in [7, 11) is 3.40. The average Bonchev–Trinajstić information content (AvgIpc) is 2.38. The van der Waals surface area contributed by atoms with E-state index in [0.717, 1.165) is 11.4 Å². The first-order chi connectivity index (χ1) is 9.06. The van der Waals surface area contributed by atoms with Crippen LogP contribution in [0.2, 0.25) is 0 Å². The van der Waals surface area contributed by atoms with Crippen LogP contribution in [0.5, 0.6) is 5.75 Å². The average molecular weight is 265 g/mol. The summed E-state index contributed by atoms with van der Waals surface area (Å²) >= 11 is 0. The van der Waals surface area contributed by atoms with Crippen LogP contribution in [-0.2, 0) is 14.3 Å². The highest BCUT2D eigenvalue weighted by Gasteiger charge is 2.13. The van der Waals surface area contributed by atoms with Gasteiger partial charge in [-0.1, -0.05) is 0 Å². The molecule has 5 nitrogen and oxygen atoms in total. The van der Waals surface area contributed by atoms with Crippen molar-refractivity contribution >= 4 is 17.4 Å². The minimum absolute atomic E-state index is 0.170. The molecule has 1 aromatic rings. The molecule has 0 N–H and O–H groups in total. The number of anilines is 1. The first-order valence-corrected chi connectivity index (χ1v) is 6.09. The summed E-state index contributed by atoms with van der Waals surface area (Å²) in [6.45, 7) is 2.18. The van der Waals surface area contributed by atoms with Gasteiger partial charge in [0.2, 0.25) is 0 Å². The molecule has 0 amide bonds. The Morgan fingerprint density at radius 2 is 1.84 bits per heavy atom. The van der Waals surface area contributed by atoms with E-state index in [0.29, 0.717) is 6.61 Å². The molecule has 0 atom stereocenters. The first-order valence-electron chi connectivity index (χ1n) is 6.09. The van der Waals surface area contributed by atoms with Crippen LogP contribution in [0, 0.1) is 0 Å². The van der Waals surface area contributed by atoms with Crippen molar-refractivity contribution in [3.63, 3.8) is 0 Å². The summed E-state index contributed by atoms with van der Waals surface area (Å²) in [4.78, 5) is 24.6. The Morgan fingerprint density at radius 3 is 2.37 bits per heavy atom. The number of Topliss-reactive ketones (excluding diaryl/α,β-unsaturated/α-hetero) is 1.